The molecule has 0 amide bonds. The summed E-state index contributed by atoms with van der Waals surface area (Å²) in [7, 11) is 0. The summed E-state index contributed by atoms with van der Waals surface area (Å²) in [5, 5.41) is 0. The van der Waals surface area contributed by atoms with Crippen LogP contribution in [0.5, 0.6) is 0 Å². The number of benzene rings is 1. The van der Waals surface area contributed by atoms with Crippen molar-refractivity contribution >= 4 is 12.4 Å². The third kappa shape index (κ3) is 5.10. The Morgan fingerprint density at radius 2 is 1.96 bits per heavy atom. The van der Waals surface area contributed by atoms with Crippen molar-refractivity contribution in [3.05, 3.63) is 35.4 Å². The number of piperidine rings is 1. The van der Waals surface area contributed by atoms with Gasteiger partial charge in [0.25, 0.3) is 0 Å². The van der Waals surface area contributed by atoms with Gasteiger partial charge in [0.1, 0.15) is 0 Å². The number of alkyl halides is 3. The summed E-state index contributed by atoms with van der Waals surface area (Å²) in [6.45, 7) is 5.88. The third-order valence-electron chi connectivity index (χ3n) is 5.47. The van der Waals surface area contributed by atoms with E-state index >= 15 is 0 Å². The molecule has 0 spiro atoms. The van der Waals surface area contributed by atoms with E-state index in [-0.39, 0.29) is 24.5 Å². The zero-order chi connectivity index (χ0) is 18.0. The highest BCUT2D eigenvalue weighted by Gasteiger charge is 2.34. The summed E-state index contributed by atoms with van der Waals surface area (Å²) in [4.78, 5) is 2.45. The molecule has 26 heavy (non-hydrogen) atoms. The Labute approximate surface area is 159 Å². The molecule has 4 N–H and O–H groups in total. The Morgan fingerprint density at radius 3 is 2.58 bits per heavy atom. The van der Waals surface area contributed by atoms with Gasteiger partial charge in [0.2, 0.25) is 0 Å². The van der Waals surface area contributed by atoms with Gasteiger partial charge in [-0.1, -0.05) is 12.1 Å². The van der Waals surface area contributed by atoms with Crippen molar-refractivity contribution in [2.75, 3.05) is 26.2 Å². The molecule has 0 saturated carbocycles. The summed E-state index contributed by atoms with van der Waals surface area (Å²) < 4.78 is 38.2. The number of likely N-dealkylation sites (tertiary alicyclic amines) is 1. The largest absolute Gasteiger partial charge is 0.416 e. The number of hydrazine groups is 1. The van der Waals surface area contributed by atoms with Crippen LogP contribution in [0.2, 0.25) is 0 Å². The number of nitrogens with one attached hydrogen (secondary N) is 2. The van der Waals surface area contributed by atoms with Crippen LogP contribution in [0.1, 0.15) is 36.9 Å². The van der Waals surface area contributed by atoms with E-state index in [0.717, 1.165) is 38.2 Å². The molecule has 8 heteroatoms. The number of nitrogens with zero attached hydrogens (tertiary/aromatic N) is 1. The van der Waals surface area contributed by atoms with Gasteiger partial charge in [0, 0.05) is 31.6 Å². The zero-order valence-corrected chi connectivity index (χ0v) is 15.7. The van der Waals surface area contributed by atoms with Crippen molar-refractivity contribution in [1.82, 2.24) is 15.8 Å². The topological polar surface area (TPSA) is 53.3 Å². The van der Waals surface area contributed by atoms with E-state index in [0.29, 0.717) is 11.8 Å². The second kappa shape index (κ2) is 8.89. The highest BCUT2D eigenvalue weighted by Crippen LogP contribution is 2.32. The van der Waals surface area contributed by atoms with Crippen LogP contribution in [0, 0.1) is 11.8 Å². The molecule has 2 aliphatic rings. The van der Waals surface area contributed by atoms with Crippen LogP contribution in [-0.4, -0.2) is 37.1 Å². The van der Waals surface area contributed by atoms with Crippen molar-refractivity contribution in [2.45, 2.75) is 38.0 Å². The van der Waals surface area contributed by atoms with Gasteiger partial charge in [-0.05, 0) is 49.9 Å². The fourth-order valence-electron chi connectivity index (χ4n) is 3.96. The Morgan fingerprint density at radius 1 is 1.27 bits per heavy atom. The summed E-state index contributed by atoms with van der Waals surface area (Å²) in [6.07, 6.45) is -1.95. The number of hydrogen-bond acceptors (Lipinski definition) is 4. The van der Waals surface area contributed by atoms with E-state index in [9.17, 15) is 13.2 Å². The Kier molecular flexibility index (Phi) is 7.33. The fourth-order valence-corrected chi connectivity index (χ4v) is 3.96. The predicted molar refractivity (Wildman–Crippen MR) is 98.9 cm³/mol. The SMILES string of the molecule is CC(N)C1CCCN(CC2CNNC2c2ccc(C(F)(F)F)cc2)C1.Cl. The molecule has 2 heterocycles. The van der Waals surface area contributed by atoms with Crippen molar-refractivity contribution in [3.8, 4) is 0 Å². The Balaban J connectivity index is 0.00000243. The van der Waals surface area contributed by atoms with E-state index < -0.39 is 11.7 Å². The predicted octanol–water partition coefficient (Wildman–Crippen LogP) is 2.95. The quantitative estimate of drug-likeness (QED) is 0.737. The molecule has 4 atom stereocenters. The number of hydrogen-bond donors (Lipinski definition) is 3. The molecule has 1 aromatic carbocycles. The van der Waals surface area contributed by atoms with E-state index in [1.807, 2.05) is 0 Å². The van der Waals surface area contributed by atoms with Crippen LogP contribution in [-0.2, 0) is 6.18 Å². The minimum atomic E-state index is -4.29. The minimum absolute atomic E-state index is 0. The average molecular weight is 393 g/mol. The first kappa shape index (κ1) is 21.4. The normalized spacial score (nSPS) is 28.6. The Hall–Kier alpha value is -0.860. The molecule has 2 saturated heterocycles. The van der Waals surface area contributed by atoms with Crippen LogP contribution < -0.4 is 16.6 Å². The first-order valence-electron chi connectivity index (χ1n) is 8.98. The lowest BCUT2D eigenvalue weighted by Crippen LogP contribution is -2.44. The molecule has 0 bridgehead atoms. The van der Waals surface area contributed by atoms with Gasteiger partial charge in [-0.3, -0.25) is 5.43 Å². The van der Waals surface area contributed by atoms with Gasteiger partial charge >= 0.3 is 6.18 Å². The maximum Gasteiger partial charge on any atom is 0.416 e. The average Bonchev–Trinajstić information content (AvgIpc) is 3.02. The summed E-state index contributed by atoms with van der Waals surface area (Å²) >= 11 is 0. The second-order valence-corrected chi connectivity index (χ2v) is 7.40. The van der Waals surface area contributed by atoms with Crippen LogP contribution in [0.25, 0.3) is 0 Å². The molecule has 148 valence electrons. The molecule has 4 nitrogen and oxygen atoms in total. The minimum Gasteiger partial charge on any atom is -0.328 e. The lowest BCUT2D eigenvalue weighted by atomic mass is 9.89. The van der Waals surface area contributed by atoms with Crippen molar-refractivity contribution in [1.29, 1.82) is 0 Å². The van der Waals surface area contributed by atoms with Gasteiger partial charge in [-0.2, -0.15) is 13.2 Å². The van der Waals surface area contributed by atoms with E-state index in [2.05, 4.69) is 22.7 Å². The molecule has 0 radical (unpaired) electrons. The van der Waals surface area contributed by atoms with Crippen LogP contribution in [0.15, 0.2) is 24.3 Å². The van der Waals surface area contributed by atoms with Gasteiger partial charge in [0.05, 0.1) is 11.6 Å². The van der Waals surface area contributed by atoms with E-state index in [1.165, 1.54) is 18.6 Å². The molecule has 2 fully saturated rings. The van der Waals surface area contributed by atoms with Gasteiger partial charge < -0.3 is 10.6 Å². The van der Waals surface area contributed by atoms with Crippen molar-refractivity contribution in [2.24, 2.45) is 17.6 Å². The highest BCUT2D eigenvalue weighted by atomic mass is 35.5. The summed E-state index contributed by atoms with van der Waals surface area (Å²) in [6, 6.07) is 5.73. The Bertz CT molecular complexity index is 565. The van der Waals surface area contributed by atoms with Crippen molar-refractivity contribution in [3.63, 3.8) is 0 Å². The van der Waals surface area contributed by atoms with Gasteiger partial charge in [-0.25, -0.2) is 5.43 Å². The highest BCUT2D eigenvalue weighted by molar-refractivity contribution is 5.85. The van der Waals surface area contributed by atoms with Gasteiger partial charge in [-0.15, -0.1) is 12.4 Å². The summed E-state index contributed by atoms with van der Waals surface area (Å²) in [5.74, 6) is 0.851. The first-order chi connectivity index (χ1) is 11.8. The standard InChI is InChI=1S/C18H27F3N4.ClH/c1-12(22)14-3-2-8-25(10-14)11-15-9-23-24-17(15)13-4-6-16(7-5-13)18(19,20)21;/h4-7,12,14-15,17,23-24H,2-3,8-11,22H2,1H3;1H. The molecule has 0 aliphatic carbocycles. The van der Waals surface area contributed by atoms with Gasteiger partial charge in [0.15, 0.2) is 0 Å². The number of halogens is 4. The fraction of sp³-hybridized carbons (Fsp3) is 0.667. The summed E-state index contributed by atoms with van der Waals surface area (Å²) in [5.41, 5.74) is 12.7. The van der Waals surface area contributed by atoms with Crippen molar-refractivity contribution < 1.29 is 13.2 Å². The zero-order valence-electron chi connectivity index (χ0n) is 14.9. The second-order valence-electron chi connectivity index (χ2n) is 7.40. The molecule has 4 unspecified atom stereocenters. The van der Waals surface area contributed by atoms with Crippen LogP contribution in [0.3, 0.4) is 0 Å². The lowest BCUT2D eigenvalue weighted by molar-refractivity contribution is -0.137. The lowest BCUT2D eigenvalue weighted by Gasteiger charge is -2.36. The molecular formula is C18H28ClF3N4. The molecule has 1 aromatic rings. The maximum absolute atomic E-state index is 12.7. The smallest absolute Gasteiger partial charge is 0.328 e. The maximum atomic E-state index is 12.7. The molecule has 2 aliphatic heterocycles. The monoisotopic (exact) mass is 392 g/mol. The van der Waals surface area contributed by atoms with Crippen LogP contribution in [0.4, 0.5) is 13.2 Å². The number of rotatable bonds is 4. The van der Waals surface area contributed by atoms with E-state index in [4.69, 9.17) is 5.73 Å². The molecule has 3 rings (SSSR count). The molecule has 0 aromatic heterocycles. The first-order valence-corrected chi connectivity index (χ1v) is 8.98. The third-order valence-corrected chi connectivity index (χ3v) is 5.47. The van der Waals surface area contributed by atoms with Crippen LogP contribution >= 0.6 is 12.4 Å². The number of nitrogens with two attached hydrogens (primary N) is 1. The molecular weight excluding hydrogens is 365 g/mol. The van der Waals surface area contributed by atoms with E-state index in [1.54, 1.807) is 12.1 Å².